The van der Waals surface area contributed by atoms with Crippen molar-refractivity contribution in [2.24, 2.45) is 0 Å². The summed E-state index contributed by atoms with van der Waals surface area (Å²) in [6.07, 6.45) is 3.30. The Hall–Kier alpha value is -2.40. The van der Waals surface area contributed by atoms with E-state index in [1.165, 1.54) is 12.1 Å². The summed E-state index contributed by atoms with van der Waals surface area (Å²) in [6, 6.07) is 12.4. The summed E-state index contributed by atoms with van der Waals surface area (Å²) in [6.45, 7) is 0.335. The first-order chi connectivity index (χ1) is 12.4. The zero-order valence-corrected chi connectivity index (χ0v) is 16.4. The monoisotopic (exact) mass is 482 g/mol. The molecule has 0 atom stereocenters. The molecule has 0 aliphatic heterocycles. The summed E-state index contributed by atoms with van der Waals surface area (Å²) in [5.74, 6) is 0. The van der Waals surface area contributed by atoms with Crippen LogP contribution in [0.1, 0.15) is 5.56 Å². The van der Waals surface area contributed by atoms with E-state index in [9.17, 15) is 13.2 Å². The van der Waals surface area contributed by atoms with Gasteiger partial charge in [0.1, 0.15) is 0 Å². The standard InChI is InChI=1S/C17H15IN4O3S/c18-13-2-1-3-16(8-13)26(24,25)15-6-4-14(5-7-15)22-17(23)19-9-12-10-20-21-11-12/h1-8,10-11H,9H2,(H,20,21)(H2,19,22,23). The van der Waals surface area contributed by atoms with Crippen molar-refractivity contribution in [3.05, 3.63) is 70.1 Å². The van der Waals surface area contributed by atoms with E-state index in [-0.39, 0.29) is 15.8 Å². The Kier molecular flexibility index (Phi) is 5.57. The minimum absolute atomic E-state index is 0.170. The van der Waals surface area contributed by atoms with Gasteiger partial charge < -0.3 is 10.6 Å². The predicted molar refractivity (Wildman–Crippen MR) is 105 cm³/mol. The average molecular weight is 482 g/mol. The van der Waals surface area contributed by atoms with Gasteiger partial charge in [0.25, 0.3) is 0 Å². The number of anilines is 1. The van der Waals surface area contributed by atoms with Crippen molar-refractivity contribution in [1.82, 2.24) is 15.5 Å². The minimum atomic E-state index is -3.59. The molecule has 1 aromatic heterocycles. The minimum Gasteiger partial charge on any atom is -0.334 e. The molecule has 0 aliphatic carbocycles. The van der Waals surface area contributed by atoms with Gasteiger partial charge in [-0.25, -0.2) is 13.2 Å². The van der Waals surface area contributed by atoms with Gasteiger partial charge in [0.15, 0.2) is 0 Å². The molecule has 3 aromatic rings. The van der Waals surface area contributed by atoms with Crippen molar-refractivity contribution < 1.29 is 13.2 Å². The number of benzene rings is 2. The van der Waals surface area contributed by atoms with Crippen molar-refractivity contribution >= 4 is 44.1 Å². The molecule has 9 heteroatoms. The van der Waals surface area contributed by atoms with E-state index in [1.54, 1.807) is 42.7 Å². The number of aromatic amines is 1. The molecule has 2 amide bonds. The van der Waals surface area contributed by atoms with E-state index in [4.69, 9.17) is 0 Å². The number of carbonyl (C=O) groups is 1. The maximum atomic E-state index is 12.6. The van der Waals surface area contributed by atoms with Crippen LogP contribution < -0.4 is 10.6 Å². The van der Waals surface area contributed by atoms with E-state index in [0.717, 1.165) is 9.13 Å². The lowest BCUT2D eigenvalue weighted by molar-refractivity contribution is 0.251. The van der Waals surface area contributed by atoms with Gasteiger partial charge >= 0.3 is 6.03 Å². The Morgan fingerprint density at radius 3 is 2.54 bits per heavy atom. The van der Waals surface area contributed by atoms with Crippen LogP contribution in [0.2, 0.25) is 0 Å². The normalized spacial score (nSPS) is 11.1. The fourth-order valence-corrected chi connectivity index (χ4v) is 4.28. The fourth-order valence-electron chi connectivity index (χ4n) is 2.22. The average Bonchev–Trinajstić information content (AvgIpc) is 3.14. The van der Waals surface area contributed by atoms with Crippen molar-refractivity contribution in [3.8, 4) is 0 Å². The van der Waals surface area contributed by atoms with Crippen LogP contribution in [0.3, 0.4) is 0 Å². The molecule has 0 unspecified atom stereocenters. The van der Waals surface area contributed by atoms with E-state index in [1.807, 2.05) is 6.07 Å². The second-order valence-electron chi connectivity index (χ2n) is 5.40. The summed E-state index contributed by atoms with van der Waals surface area (Å²) >= 11 is 2.07. The fraction of sp³-hybridized carbons (Fsp3) is 0.0588. The smallest absolute Gasteiger partial charge is 0.319 e. The lowest BCUT2D eigenvalue weighted by Gasteiger charge is -2.09. The number of aromatic nitrogens is 2. The third-order valence-corrected chi connectivity index (χ3v) is 5.98. The molecule has 0 radical (unpaired) electrons. The first-order valence-electron chi connectivity index (χ1n) is 7.58. The third kappa shape index (κ3) is 4.41. The van der Waals surface area contributed by atoms with E-state index < -0.39 is 9.84 Å². The second kappa shape index (κ2) is 7.87. The van der Waals surface area contributed by atoms with E-state index in [0.29, 0.717) is 12.2 Å². The SMILES string of the molecule is O=C(NCc1cn[nH]c1)Nc1ccc(S(=O)(=O)c2cccc(I)c2)cc1. The molecule has 0 aliphatic rings. The van der Waals surface area contributed by atoms with Crippen LogP contribution in [0.25, 0.3) is 0 Å². The highest BCUT2D eigenvalue weighted by molar-refractivity contribution is 14.1. The second-order valence-corrected chi connectivity index (χ2v) is 8.59. The number of hydrogen-bond donors (Lipinski definition) is 3. The Morgan fingerprint density at radius 2 is 1.88 bits per heavy atom. The molecule has 7 nitrogen and oxygen atoms in total. The highest BCUT2D eigenvalue weighted by Crippen LogP contribution is 2.23. The molecule has 0 bridgehead atoms. The topological polar surface area (TPSA) is 104 Å². The van der Waals surface area contributed by atoms with Gasteiger partial charge in [-0.1, -0.05) is 6.07 Å². The number of carbonyl (C=O) groups excluding carboxylic acids is 1. The third-order valence-electron chi connectivity index (χ3n) is 3.54. The van der Waals surface area contributed by atoms with E-state index >= 15 is 0 Å². The van der Waals surface area contributed by atoms with Crippen LogP contribution in [0.5, 0.6) is 0 Å². The summed E-state index contributed by atoms with van der Waals surface area (Å²) in [7, 11) is -3.59. The number of nitrogens with zero attached hydrogens (tertiary/aromatic N) is 1. The number of sulfone groups is 1. The summed E-state index contributed by atoms with van der Waals surface area (Å²) < 4.78 is 26.1. The Morgan fingerprint density at radius 1 is 1.12 bits per heavy atom. The first-order valence-corrected chi connectivity index (χ1v) is 10.1. The Bertz CT molecular complexity index is 1000. The number of nitrogens with one attached hydrogen (secondary N) is 3. The van der Waals surface area contributed by atoms with Crippen LogP contribution in [-0.2, 0) is 16.4 Å². The van der Waals surface area contributed by atoms with Gasteiger partial charge in [-0.3, -0.25) is 5.10 Å². The van der Waals surface area contributed by atoms with Crippen LogP contribution in [-0.4, -0.2) is 24.6 Å². The van der Waals surface area contributed by atoms with Gasteiger partial charge in [0.2, 0.25) is 9.84 Å². The number of urea groups is 1. The van der Waals surface area contributed by atoms with Crippen molar-refractivity contribution in [3.63, 3.8) is 0 Å². The highest BCUT2D eigenvalue weighted by atomic mass is 127. The number of hydrogen-bond acceptors (Lipinski definition) is 4. The molecule has 2 aromatic carbocycles. The molecule has 3 N–H and O–H groups in total. The molecule has 134 valence electrons. The van der Waals surface area contributed by atoms with Crippen molar-refractivity contribution in [2.45, 2.75) is 16.3 Å². The maximum Gasteiger partial charge on any atom is 0.319 e. The quantitative estimate of drug-likeness (QED) is 0.486. The van der Waals surface area contributed by atoms with Crippen molar-refractivity contribution in [2.75, 3.05) is 5.32 Å². The summed E-state index contributed by atoms with van der Waals surface area (Å²) in [5.41, 5.74) is 1.34. The number of rotatable bonds is 5. The first kappa shape index (κ1) is 18.4. The number of halogens is 1. The molecular weight excluding hydrogens is 467 g/mol. The lowest BCUT2D eigenvalue weighted by Crippen LogP contribution is -2.28. The molecule has 3 rings (SSSR count). The molecule has 0 saturated heterocycles. The maximum absolute atomic E-state index is 12.6. The molecule has 0 fully saturated rings. The van der Waals surface area contributed by atoms with E-state index in [2.05, 4.69) is 43.4 Å². The summed E-state index contributed by atoms with van der Waals surface area (Å²) in [4.78, 5) is 12.3. The molecule has 0 spiro atoms. The number of amides is 2. The molecule has 26 heavy (non-hydrogen) atoms. The highest BCUT2D eigenvalue weighted by Gasteiger charge is 2.17. The zero-order chi connectivity index (χ0) is 18.6. The molecular formula is C17H15IN4O3S. The van der Waals surface area contributed by atoms with Gasteiger partial charge in [-0.15, -0.1) is 0 Å². The van der Waals surface area contributed by atoms with Gasteiger partial charge in [-0.2, -0.15) is 5.10 Å². The van der Waals surface area contributed by atoms with Crippen LogP contribution >= 0.6 is 22.6 Å². The van der Waals surface area contributed by atoms with Crippen molar-refractivity contribution in [1.29, 1.82) is 0 Å². The Labute approximate surface area is 164 Å². The van der Waals surface area contributed by atoms with Gasteiger partial charge in [-0.05, 0) is 65.1 Å². The van der Waals surface area contributed by atoms with Crippen LogP contribution in [0.4, 0.5) is 10.5 Å². The summed E-state index contributed by atoms with van der Waals surface area (Å²) in [5, 5.41) is 11.8. The van der Waals surface area contributed by atoms with Gasteiger partial charge in [0, 0.05) is 27.6 Å². The zero-order valence-electron chi connectivity index (χ0n) is 13.4. The number of H-pyrrole nitrogens is 1. The molecule has 0 saturated carbocycles. The largest absolute Gasteiger partial charge is 0.334 e. The van der Waals surface area contributed by atoms with Gasteiger partial charge in [0.05, 0.1) is 16.0 Å². The van der Waals surface area contributed by atoms with Crippen LogP contribution in [0, 0.1) is 3.57 Å². The lowest BCUT2D eigenvalue weighted by atomic mass is 10.3. The van der Waals surface area contributed by atoms with Crippen LogP contribution in [0.15, 0.2) is 70.7 Å². The predicted octanol–water partition coefficient (Wildman–Crippen LogP) is 3.17. The molecule has 1 heterocycles. The Balaban J connectivity index is 1.67.